The first kappa shape index (κ1) is 18.8. The van der Waals surface area contributed by atoms with Crippen LogP contribution in [0.3, 0.4) is 0 Å². The van der Waals surface area contributed by atoms with Crippen molar-refractivity contribution in [2.75, 3.05) is 7.11 Å². The first-order valence-electron chi connectivity index (χ1n) is 9.22. The fraction of sp³-hybridized carbons (Fsp3) is 0.545. The van der Waals surface area contributed by atoms with Crippen molar-refractivity contribution in [3.8, 4) is 0 Å². The molecule has 0 saturated heterocycles. The van der Waals surface area contributed by atoms with Crippen molar-refractivity contribution in [3.05, 3.63) is 47.3 Å². The Morgan fingerprint density at radius 1 is 1.35 bits per heavy atom. The van der Waals surface area contributed by atoms with E-state index in [2.05, 4.69) is 20.1 Å². The van der Waals surface area contributed by atoms with Crippen LogP contribution >= 0.6 is 0 Å². The molecule has 1 heterocycles. The number of carbonyl (C=O) groups excluding carboxylic acids is 2. The summed E-state index contributed by atoms with van der Waals surface area (Å²) in [5.74, 6) is -0.263. The molecule has 0 aromatic rings. The highest BCUT2D eigenvalue weighted by Gasteiger charge is 2.53. The fourth-order valence-electron chi connectivity index (χ4n) is 5.08. The summed E-state index contributed by atoms with van der Waals surface area (Å²) >= 11 is 0. The maximum atomic E-state index is 13.0. The molecule has 4 heteroatoms. The Morgan fingerprint density at radius 3 is 2.65 bits per heavy atom. The first-order valence-corrected chi connectivity index (χ1v) is 9.22. The minimum Gasteiger partial charge on any atom is -0.430 e. The Balaban J connectivity index is 2.26. The van der Waals surface area contributed by atoms with Gasteiger partial charge in [-0.2, -0.15) is 0 Å². The Hall–Kier alpha value is -1.94. The summed E-state index contributed by atoms with van der Waals surface area (Å²) < 4.78 is 11.1. The lowest BCUT2D eigenvalue weighted by Gasteiger charge is -2.47. The summed E-state index contributed by atoms with van der Waals surface area (Å²) in [6.07, 6.45) is 5.22. The van der Waals surface area contributed by atoms with Crippen LogP contribution in [0.25, 0.3) is 0 Å². The second-order valence-corrected chi connectivity index (χ2v) is 8.16. The lowest BCUT2D eigenvalue weighted by atomic mass is 9.58. The van der Waals surface area contributed by atoms with Gasteiger partial charge < -0.3 is 9.47 Å². The molecule has 0 amide bonds. The monoisotopic (exact) mass is 356 g/mol. The highest BCUT2D eigenvalue weighted by atomic mass is 16.5. The Morgan fingerprint density at radius 2 is 2.04 bits per heavy atom. The van der Waals surface area contributed by atoms with Gasteiger partial charge in [-0.25, -0.2) is 4.79 Å². The molecular weight excluding hydrogens is 328 g/mol. The van der Waals surface area contributed by atoms with Crippen LogP contribution in [-0.2, 0) is 19.1 Å². The van der Waals surface area contributed by atoms with E-state index in [0.29, 0.717) is 17.4 Å². The van der Waals surface area contributed by atoms with Gasteiger partial charge >= 0.3 is 5.97 Å². The third-order valence-corrected chi connectivity index (χ3v) is 7.29. The van der Waals surface area contributed by atoms with Gasteiger partial charge in [-0.15, -0.1) is 0 Å². The summed E-state index contributed by atoms with van der Waals surface area (Å²) in [7, 11) is 1.65. The SMILES string of the molecule is C=C1CCC2C3=C(CCC12C)C(C)(C(C)OC)C(=C)/C(C=O)=C\OC3=O. The number of aldehydes is 1. The number of carbonyl (C=O) groups is 2. The van der Waals surface area contributed by atoms with E-state index in [1.807, 2.05) is 13.8 Å². The molecule has 0 bridgehead atoms. The molecule has 4 nitrogen and oxygen atoms in total. The largest absolute Gasteiger partial charge is 0.430 e. The van der Waals surface area contributed by atoms with E-state index in [-0.39, 0.29) is 23.4 Å². The molecule has 1 saturated carbocycles. The average Bonchev–Trinajstić information content (AvgIpc) is 2.93. The molecule has 26 heavy (non-hydrogen) atoms. The maximum absolute atomic E-state index is 13.0. The zero-order valence-corrected chi connectivity index (χ0v) is 16.2. The maximum Gasteiger partial charge on any atom is 0.339 e. The highest BCUT2D eigenvalue weighted by Crippen LogP contribution is 2.60. The van der Waals surface area contributed by atoms with E-state index >= 15 is 0 Å². The van der Waals surface area contributed by atoms with Gasteiger partial charge in [0.2, 0.25) is 0 Å². The normalized spacial score (nSPS) is 37.8. The van der Waals surface area contributed by atoms with Crippen LogP contribution in [0.2, 0.25) is 0 Å². The molecule has 1 fully saturated rings. The van der Waals surface area contributed by atoms with Crippen molar-refractivity contribution in [1.82, 2.24) is 0 Å². The number of esters is 1. The molecule has 3 rings (SSSR count). The molecule has 0 radical (unpaired) electrons. The van der Waals surface area contributed by atoms with Crippen LogP contribution in [0.5, 0.6) is 0 Å². The smallest absolute Gasteiger partial charge is 0.339 e. The number of hydrogen-bond acceptors (Lipinski definition) is 4. The van der Waals surface area contributed by atoms with Gasteiger partial charge in [-0.05, 0) is 56.1 Å². The van der Waals surface area contributed by atoms with Crippen molar-refractivity contribution in [2.24, 2.45) is 16.7 Å². The zero-order valence-electron chi connectivity index (χ0n) is 16.2. The van der Waals surface area contributed by atoms with E-state index in [0.717, 1.165) is 36.8 Å². The lowest BCUT2D eigenvalue weighted by molar-refractivity contribution is -0.135. The van der Waals surface area contributed by atoms with Crippen molar-refractivity contribution < 1.29 is 19.1 Å². The molecule has 0 spiro atoms. The minimum absolute atomic E-state index is 0.0766. The third-order valence-electron chi connectivity index (χ3n) is 7.29. The molecule has 0 N–H and O–H groups in total. The number of ether oxygens (including phenoxy) is 2. The molecular formula is C22H28O4. The van der Waals surface area contributed by atoms with Crippen molar-refractivity contribution in [2.45, 2.75) is 52.6 Å². The number of rotatable bonds is 3. The van der Waals surface area contributed by atoms with Crippen LogP contribution in [0, 0.1) is 16.7 Å². The molecule has 3 aliphatic rings. The van der Waals surface area contributed by atoms with Crippen LogP contribution in [-0.4, -0.2) is 25.5 Å². The molecule has 0 aromatic carbocycles. The van der Waals surface area contributed by atoms with Crippen molar-refractivity contribution >= 4 is 12.3 Å². The topological polar surface area (TPSA) is 52.6 Å². The van der Waals surface area contributed by atoms with E-state index in [1.165, 1.54) is 11.8 Å². The standard InChI is InChI=1S/C22H28O4/c1-13-7-8-17-19-18(9-10-21(13,17)4)22(5,15(3)25-6)14(2)16(11-23)12-26-20(19)24/h11-12,15,17H,1-2,7-10H2,3-6H3/b16-12-. The predicted octanol–water partition coefficient (Wildman–Crippen LogP) is 4.29. The number of cyclic esters (lactones) is 1. The van der Waals surface area contributed by atoms with Crippen LogP contribution in [0.1, 0.15) is 46.5 Å². The van der Waals surface area contributed by atoms with Gasteiger partial charge in [-0.1, -0.05) is 25.7 Å². The fourth-order valence-corrected chi connectivity index (χ4v) is 5.08. The molecule has 4 unspecified atom stereocenters. The van der Waals surface area contributed by atoms with Gasteiger partial charge in [0.25, 0.3) is 0 Å². The molecule has 4 atom stereocenters. The molecule has 0 aromatic heterocycles. The highest BCUT2D eigenvalue weighted by molar-refractivity contribution is 5.93. The quantitative estimate of drug-likeness (QED) is 0.430. The van der Waals surface area contributed by atoms with E-state index in [9.17, 15) is 9.59 Å². The van der Waals surface area contributed by atoms with E-state index in [1.54, 1.807) is 7.11 Å². The number of allylic oxidation sites excluding steroid dienone is 2. The summed E-state index contributed by atoms with van der Waals surface area (Å²) in [4.78, 5) is 24.6. The third kappa shape index (κ3) is 2.38. The number of methoxy groups -OCH3 is 1. The van der Waals surface area contributed by atoms with E-state index in [4.69, 9.17) is 9.47 Å². The summed E-state index contributed by atoms with van der Waals surface area (Å²) in [6.45, 7) is 14.7. The van der Waals surface area contributed by atoms with Gasteiger partial charge in [0.1, 0.15) is 6.26 Å². The van der Waals surface area contributed by atoms with Gasteiger partial charge in [0.15, 0.2) is 6.29 Å². The number of fused-ring (bicyclic) bond motifs is 2. The Kier molecular flexibility index (Phi) is 4.60. The van der Waals surface area contributed by atoms with Crippen LogP contribution in [0.15, 0.2) is 47.3 Å². The Labute approximate surface area is 155 Å². The van der Waals surface area contributed by atoms with Crippen LogP contribution in [0.4, 0.5) is 0 Å². The molecule has 2 aliphatic carbocycles. The van der Waals surface area contributed by atoms with Gasteiger partial charge in [0.05, 0.1) is 11.7 Å². The predicted molar refractivity (Wildman–Crippen MR) is 100 cm³/mol. The molecule has 140 valence electrons. The minimum atomic E-state index is -0.637. The first-order chi connectivity index (χ1) is 12.2. The van der Waals surface area contributed by atoms with Gasteiger partial charge in [0, 0.05) is 24.0 Å². The summed E-state index contributed by atoms with van der Waals surface area (Å²) in [6, 6.07) is 0. The van der Waals surface area contributed by atoms with Crippen LogP contribution < -0.4 is 0 Å². The van der Waals surface area contributed by atoms with E-state index < -0.39 is 5.41 Å². The summed E-state index contributed by atoms with van der Waals surface area (Å²) in [5.41, 5.74) is 3.20. The molecule has 1 aliphatic heterocycles. The van der Waals surface area contributed by atoms with Gasteiger partial charge in [-0.3, -0.25) is 4.79 Å². The van der Waals surface area contributed by atoms with Crippen molar-refractivity contribution in [1.29, 1.82) is 0 Å². The lowest BCUT2D eigenvalue weighted by Crippen LogP contribution is -2.43. The average molecular weight is 356 g/mol. The van der Waals surface area contributed by atoms with Crippen molar-refractivity contribution in [3.63, 3.8) is 0 Å². The second kappa shape index (κ2) is 6.34. The number of hydrogen-bond donors (Lipinski definition) is 0. The second-order valence-electron chi connectivity index (χ2n) is 8.16. The Bertz CT molecular complexity index is 756. The zero-order chi connectivity index (χ0) is 19.3. The summed E-state index contributed by atoms with van der Waals surface area (Å²) in [5, 5.41) is 0.